The van der Waals surface area contributed by atoms with Crippen LogP contribution in [0.15, 0.2) is 50.2 Å². The summed E-state index contributed by atoms with van der Waals surface area (Å²) in [7, 11) is 0. The van der Waals surface area contributed by atoms with Crippen molar-refractivity contribution in [1.82, 2.24) is 15.1 Å². The summed E-state index contributed by atoms with van der Waals surface area (Å²) in [6.07, 6.45) is 1.52. The second-order valence-electron chi connectivity index (χ2n) is 5.62. The molecule has 8 nitrogen and oxygen atoms in total. The van der Waals surface area contributed by atoms with Crippen LogP contribution in [0, 0.1) is 6.92 Å². The van der Waals surface area contributed by atoms with Gasteiger partial charge < -0.3 is 19.9 Å². The molecule has 3 heterocycles. The van der Waals surface area contributed by atoms with Crippen LogP contribution in [0.25, 0.3) is 11.5 Å². The summed E-state index contributed by atoms with van der Waals surface area (Å²) < 4.78 is 11.7. The van der Waals surface area contributed by atoms with Gasteiger partial charge in [-0.25, -0.2) is 4.68 Å². The van der Waals surface area contributed by atoms with E-state index in [1.165, 1.54) is 12.3 Å². The van der Waals surface area contributed by atoms with E-state index in [4.69, 9.17) is 14.6 Å². The summed E-state index contributed by atoms with van der Waals surface area (Å²) in [5.41, 5.74) is 5.63. The Hall–Kier alpha value is -3.29. The third-order valence-electron chi connectivity index (χ3n) is 3.72. The number of hydrogen-bond acceptors (Lipinski definition) is 6. The van der Waals surface area contributed by atoms with Gasteiger partial charge in [0, 0.05) is 0 Å². The number of hydrogen-bond donors (Lipinski definition) is 2. The number of carbonyl (C=O) groups is 1. The van der Waals surface area contributed by atoms with Gasteiger partial charge in [0.2, 0.25) is 5.91 Å². The van der Waals surface area contributed by atoms with E-state index in [1.54, 1.807) is 38.1 Å². The lowest BCUT2D eigenvalue weighted by Gasteiger charge is -2.15. The summed E-state index contributed by atoms with van der Waals surface area (Å²) in [6.45, 7) is 3.59. The minimum Gasteiger partial charge on any atom is -0.467 e. The van der Waals surface area contributed by atoms with Crippen molar-refractivity contribution in [2.75, 3.05) is 5.73 Å². The number of nitrogens with two attached hydrogens (primary N) is 1. The van der Waals surface area contributed by atoms with Gasteiger partial charge in [0.25, 0.3) is 5.56 Å². The first-order valence-electron chi connectivity index (χ1n) is 7.72. The van der Waals surface area contributed by atoms with E-state index in [9.17, 15) is 9.59 Å². The van der Waals surface area contributed by atoms with E-state index in [2.05, 4.69) is 10.4 Å². The van der Waals surface area contributed by atoms with Crippen molar-refractivity contribution in [3.63, 3.8) is 0 Å². The molecule has 3 N–H and O–H groups in total. The van der Waals surface area contributed by atoms with Crippen molar-refractivity contribution in [3.05, 3.63) is 58.5 Å². The third kappa shape index (κ3) is 3.47. The molecule has 3 aromatic heterocycles. The van der Waals surface area contributed by atoms with Crippen LogP contribution in [0.3, 0.4) is 0 Å². The smallest absolute Gasteiger partial charge is 0.290 e. The SMILES string of the molecule is Cc1ccc(-c2cc(N)c(=O)n([C@@H](C)C(=O)NCc3ccco3)n2)o1. The predicted molar refractivity (Wildman–Crippen MR) is 90.6 cm³/mol. The fraction of sp³-hybridized carbons (Fsp3) is 0.235. The molecule has 0 aliphatic rings. The molecule has 0 aliphatic heterocycles. The van der Waals surface area contributed by atoms with E-state index >= 15 is 0 Å². The summed E-state index contributed by atoms with van der Waals surface area (Å²) in [5, 5.41) is 6.93. The molecule has 0 radical (unpaired) electrons. The summed E-state index contributed by atoms with van der Waals surface area (Å²) in [6, 6.07) is 7.57. The van der Waals surface area contributed by atoms with Gasteiger partial charge in [-0.2, -0.15) is 5.10 Å². The normalized spacial score (nSPS) is 12.1. The molecule has 130 valence electrons. The van der Waals surface area contributed by atoms with Gasteiger partial charge in [-0.15, -0.1) is 0 Å². The molecular formula is C17H18N4O4. The first-order valence-corrected chi connectivity index (χ1v) is 7.72. The zero-order valence-electron chi connectivity index (χ0n) is 13.9. The largest absolute Gasteiger partial charge is 0.467 e. The number of amides is 1. The fourth-order valence-electron chi connectivity index (χ4n) is 2.33. The summed E-state index contributed by atoms with van der Waals surface area (Å²) in [5.74, 6) is 1.41. The van der Waals surface area contributed by atoms with Crippen molar-refractivity contribution < 1.29 is 13.6 Å². The first-order chi connectivity index (χ1) is 12.0. The number of aryl methyl sites for hydroxylation is 1. The Bertz CT molecular complexity index is 940. The standard InChI is InChI=1S/C17H18N4O4/c1-10-5-6-15(25-10)14-8-13(18)17(23)21(20-14)11(2)16(22)19-9-12-4-3-7-24-12/h3-8,11H,9,18H2,1-2H3,(H,19,22)/t11-/m0/s1. The van der Waals surface area contributed by atoms with Crippen LogP contribution in [0.4, 0.5) is 5.69 Å². The molecule has 1 amide bonds. The van der Waals surface area contributed by atoms with Gasteiger partial charge >= 0.3 is 0 Å². The molecule has 0 saturated carbocycles. The summed E-state index contributed by atoms with van der Waals surface area (Å²) in [4.78, 5) is 24.6. The molecule has 3 rings (SSSR count). The Labute approximate surface area is 143 Å². The first kappa shape index (κ1) is 16.6. The number of anilines is 1. The molecule has 25 heavy (non-hydrogen) atoms. The van der Waals surface area contributed by atoms with Crippen LogP contribution in [0.2, 0.25) is 0 Å². The molecular weight excluding hydrogens is 324 g/mol. The lowest BCUT2D eigenvalue weighted by molar-refractivity contribution is -0.124. The van der Waals surface area contributed by atoms with Gasteiger partial charge in [-0.05, 0) is 44.2 Å². The van der Waals surface area contributed by atoms with Gasteiger partial charge in [-0.3, -0.25) is 9.59 Å². The third-order valence-corrected chi connectivity index (χ3v) is 3.72. The topological polar surface area (TPSA) is 116 Å². The minimum atomic E-state index is -0.847. The number of nitrogens with zero attached hydrogens (tertiary/aromatic N) is 2. The van der Waals surface area contributed by atoms with Crippen molar-refractivity contribution in [2.24, 2.45) is 0 Å². The fourth-order valence-corrected chi connectivity index (χ4v) is 2.33. The van der Waals surface area contributed by atoms with Gasteiger partial charge in [0.15, 0.2) is 5.76 Å². The van der Waals surface area contributed by atoms with Crippen molar-refractivity contribution in [1.29, 1.82) is 0 Å². The van der Waals surface area contributed by atoms with E-state index in [1.807, 2.05) is 0 Å². The van der Waals surface area contributed by atoms with E-state index < -0.39 is 11.6 Å². The number of carbonyl (C=O) groups excluding carboxylic acids is 1. The Morgan fingerprint density at radius 1 is 1.40 bits per heavy atom. The van der Waals surface area contributed by atoms with Gasteiger partial charge in [-0.1, -0.05) is 0 Å². The van der Waals surface area contributed by atoms with Crippen LogP contribution >= 0.6 is 0 Å². The van der Waals surface area contributed by atoms with E-state index in [0.29, 0.717) is 23.0 Å². The molecule has 0 fully saturated rings. The van der Waals surface area contributed by atoms with Crippen LogP contribution in [-0.4, -0.2) is 15.7 Å². The predicted octanol–water partition coefficient (Wildman–Crippen LogP) is 1.86. The van der Waals surface area contributed by atoms with E-state index in [-0.39, 0.29) is 18.1 Å². The van der Waals surface area contributed by atoms with Crippen LogP contribution in [-0.2, 0) is 11.3 Å². The highest BCUT2D eigenvalue weighted by molar-refractivity contribution is 5.79. The average molecular weight is 342 g/mol. The second-order valence-corrected chi connectivity index (χ2v) is 5.62. The maximum atomic E-state index is 12.3. The lowest BCUT2D eigenvalue weighted by atomic mass is 10.2. The summed E-state index contributed by atoms with van der Waals surface area (Å²) >= 11 is 0. The quantitative estimate of drug-likeness (QED) is 0.731. The number of nitrogens with one attached hydrogen (secondary N) is 1. The molecule has 0 saturated heterocycles. The van der Waals surface area contributed by atoms with Gasteiger partial charge in [0.05, 0.1) is 12.8 Å². The average Bonchev–Trinajstić information content (AvgIpc) is 3.26. The Balaban J connectivity index is 1.86. The van der Waals surface area contributed by atoms with Crippen LogP contribution in [0.1, 0.15) is 24.5 Å². The highest BCUT2D eigenvalue weighted by atomic mass is 16.3. The molecule has 0 aliphatic carbocycles. The van der Waals surface area contributed by atoms with E-state index in [0.717, 1.165) is 4.68 Å². The Kier molecular flexibility index (Phi) is 4.42. The monoisotopic (exact) mass is 342 g/mol. The van der Waals surface area contributed by atoms with Crippen LogP contribution < -0.4 is 16.6 Å². The molecule has 8 heteroatoms. The number of rotatable bonds is 5. The highest BCUT2D eigenvalue weighted by Gasteiger charge is 2.20. The molecule has 0 spiro atoms. The Morgan fingerprint density at radius 2 is 2.20 bits per heavy atom. The lowest BCUT2D eigenvalue weighted by Crippen LogP contribution is -2.37. The van der Waals surface area contributed by atoms with Crippen molar-refractivity contribution >= 4 is 11.6 Å². The number of nitrogen functional groups attached to an aromatic ring is 1. The molecule has 0 aromatic carbocycles. The maximum Gasteiger partial charge on any atom is 0.290 e. The van der Waals surface area contributed by atoms with Crippen LogP contribution in [0.5, 0.6) is 0 Å². The van der Waals surface area contributed by atoms with Crippen molar-refractivity contribution in [2.45, 2.75) is 26.4 Å². The molecule has 0 unspecified atom stereocenters. The number of furan rings is 2. The molecule has 0 bridgehead atoms. The van der Waals surface area contributed by atoms with Crippen molar-refractivity contribution in [3.8, 4) is 11.5 Å². The number of aromatic nitrogens is 2. The molecule has 1 atom stereocenters. The Morgan fingerprint density at radius 3 is 2.84 bits per heavy atom. The second kappa shape index (κ2) is 6.68. The zero-order chi connectivity index (χ0) is 18.0. The minimum absolute atomic E-state index is 0.00950. The highest BCUT2D eigenvalue weighted by Crippen LogP contribution is 2.20. The maximum absolute atomic E-state index is 12.3. The van der Waals surface area contributed by atoms with Gasteiger partial charge in [0.1, 0.15) is 28.9 Å². The zero-order valence-corrected chi connectivity index (χ0v) is 13.9. The molecule has 3 aromatic rings.